The molecule has 0 fully saturated rings. The molecule has 0 saturated heterocycles. The van der Waals surface area contributed by atoms with E-state index < -0.39 is 0 Å². The molecule has 0 bridgehead atoms. The van der Waals surface area contributed by atoms with Gasteiger partial charge in [0.1, 0.15) is 0 Å². The molecule has 2 rings (SSSR count). The highest BCUT2D eigenvalue weighted by Gasteiger charge is 2.35. The minimum atomic E-state index is 0.613. The van der Waals surface area contributed by atoms with Crippen molar-refractivity contribution >= 4 is 0 Å². The zero-order valence-electron chi connectivity index (χ0n) is 95.0. The first-order chi connectivity index (χ1) is 68.4. The maximum atomic E-state index is 7.03. The van der Waals surface area contributed by atoms with Gasteiger partial charge in [0.15, 0.2) is 0 Å². The summed E-state index contributed by atoms with van der Waals surface area (Å²) >= 11 is 0. The molecule has 0 aliphatic heterocycles. The summed E-state index contributed by atoms with van der Waals surface area (Å²) in [5.74, 6) is 8.04. The van der Waals surface area contributed by atoms with Gasteiger partial charge in [-0.2, -0.15) is 0 Å². The Morgan fingerprint density at radius 1 is 0.0725 bits per heavy atom. The van der Waals surface area contributed by atoms with Gasteiger partial charge in [-0.15, -0.1) is 0 Å². The fraction of sp³-hybridized carbons (Fsp3) is 0.905. The predicted octanol–water partition coefficient (Wildman–Crippen LogP) is 43.3. The van der Waals surface area contributed by atoms with Gasteiger partial charge in [-0.25, -0.2) is 0 Å². The lowest BCUT2D eigenvalue weighted by molar-refractivity contribution is 0.188. The molecule has 0 saturated carbocycles. The number of hydrogen-bond acceptors (Lipinski definition) is 12. The molecule has 0 atom stereocenters. The summed E-state index contributed by atoms with van der Waals surface area (Å²) in [5, 5.41) is 0. The van der Waals surface area contributed by atoms with Crippen LogP contribution in [0.15, 0.2) is 0 Å². The molecule has 0 aliphatic carbocycles. The SMILES string of the molecule is CCCCCCCCCCOc1c(OCCCCCCCCCC)c(OCCCCCCCCCC)c(OCCCCCCCCCC)c(OCCCCCCCCCC)c1OCCCCCCCCCC.CCCCCCCCCOc1c(OCCCCCCCCC)c(OCCCCCCCCC)c(OCCCCCCCCC)c(OCCCCCCCCC)c1OCCCCCCCCC. The van der Waals surface area contributed by atoms with Gasteiger partial charge in [-0.05, 0) is 77.0 Å². The third-order valence-electron chi connectivity index (χ3n) is 27.9. The van der Waals surface area contributed by atoms with Gasteiger partial charge in [0, 0.05) is 0 Å². The maximum Gasteiger partial charge on any atom is 0.211 e. The molecule has 2 aromatic rings. The Labute approximate surface area is 860 Å². The fourth-order valence-corrected chi connectivity index (χ4v) is 18.7. The molecule has 0 aromatic heterocycles. The fourth-order valence-electron chi connectivity index (χ4n) is 18.7. The van der Waals surface area contributed by atoms with Crippen molar-refractivity contribution in [1.29, 1.82) is 0 Å². The first-order valence-electron chi connectivity index (χ1n) is 62.4. The van der Waals surface area contributed by atoms with Gasteiger partial charge >= 0.3 is 0 Å². The van der Waals surface area contributed by atoms with Gasteiger partial charge in [0.2, 0.25) is 69.0 Å². The average Bonchev–Trinajstić information content (AvgIpc) is 0.772. The molecule has 0 radical (unpaired) electrons. The van der Waals surface area contributed by atoms with E-state index in [0.29, 0.717) is 148 Å². The van der Waals surface area contributed by atoms with Crippen molar-refractivity contribution in [3.05, 3.63) is 0 Å². The van der Waals surface area contributed by atoms with Crippen LogP contribution in [0.4, 0.5) is 0 Å². The normalized spacial score (nSPS) is 11.4. The van der Waals surface area contributed by atoms with Gasteiger partial charge in [0.05, 0.1) is 79.3 Å². The Balaban J connectivity index is 0.00000139. The molecule has 138 heavy (non-hydrogen) atoms. The molecule has 0 heterocycles. The quantitative estimate of drug-likeness (QED) is 0.0588. The lowest BCUT2D eigenvalue weighted by Gasteiger charge is -2.26. The van der Waals surface area contributed by atoms with Gasteiger partial charge < -0.3 is 56.8 Å². The average molecular weight is 1950 g/mol. The second kappa shape index (κ2) is 109. The highest BCUT2D eigenvalue weighted by atomic mass is 16.6. The van der Waals surface area contributed by atoms with Crippen LogP contribution in [0.25, 0.3) is 0 Å². The molecule has 12 heteroatoms. The van der Waals surface area contributed by atoms with Gasteiger partial charge in [0.25, 0.3) is 0 Å². The van der Waals surface area contributed by atoms with E-state index in [1.807, 2.05) is 0 Å². The van der Waals surface area contributed by atoms with Gasteiger partial charge in [-0.1, -0.05) is 584 Å². The molecule has 0 spiro atoms. The van der Waals surface area contributed by atoms with E-state index in [1.54, 1.807) is 0 Å². The summed E-state index contributed by atoms with van der Waals surface area (Å²) in [6.07, 6.45) is 112. The highest BCUT2D eigenvalue weighted by molar-refractivity contribution is 5.75. The van der Waals surface area contributed by atoms with Crippen molar-refractivity contribution < 1.29 is 56.8 Å². The minimum Gasteiger partial charge on any atom is -0.486 e. The van der Waals surface area contributed by atoms with E-state index in [0.717, 1.165) is 116 Å². The van der Waals surface area contributed by atoms with E-state index in [-0.39, 0.29) is 0 Å². The van der Waals surface area contributed by atoms with Crippen molar-refractivity contribution in [3.63, 3.8) is 0 Å². The van der Waals surface area contributed by atoms with Crippen LogP contribution < -0.4 is 56.8 Å². The monoisotopic (exact) mass is 1950 g/mol. The van der Waals surface area contributed by atoms with Crippen molar-refractivity contribution in [2.45, 2.75) is 661 Å². The number of ether oxygens (including phenoxy) is 12. The lowest BCUT2D eigenvalue weighted by atomic mass is 10.1. The van der Waals surface area contributed by atoms with Crippen LogP contribution in [0.2, 0.25) is 0 Å². The van der Waals surface area contributed by atoms with Crippen LogP contribution in [-0.2, 0) is 0 Å². The van der Waals surface area contributed by atoms with Crippen LogP contribution in [0.5, 0.6) is 69.0 Å². The molecule has 0 N–H and O–H groups in total. The standard InChI is InChI=1S/C66H126O6.C60H114O6/c1-7-13-19-25-31-37-43-49-55-67-61-62(68-56-50-44-38-32-26-20-14-8-2)64(70-58-52-46-40-34-28-22-16-10-4)66(72-60-54-48-42-36-30-24-18-12-6)65(71-59-53-47-41-35-29-23-17-11-5)63(61)69-57-51-45-39-33-27-21-15-9-3;1-7-13-19-25-31-37-43-49-61-55-56(62-50-44-38-32-26-20-14-8-2)58(64-52-46-40-34-28-22-16-10-4)60(66-54-48-42-36-30-24-18-12-6)59(65-53-47-41-35-29-23-17-11-5)57(55)63-51-45-39-33-27-21-15-9-3/h7-60H2,1-6H3;7-54H2,1-6H3. The maximum absolute atomic E-state index is 7.03. The van der Waals surface area contributed by atoms with Crippen molar-refractivity contribution in [2.75, 3.05) is 79.3 Å². The number of rotatable bonds is 114. The summed E-state index contributed by atoms with van der Waals surface area (Å²) in [7, 11) is 0. The topological polar surface area (TPSA) is 111 Å². The van der Waals surface area contributed by atoms with Crippen LogP contribution in [-0.4, -0.2) is 79.3 Å². The van der Waals surface area contributed by atoms with Crippen LogP contribution >= 0.6 is 0 Å². The van der Waals surface area contributed by atoms with Gasteiger partial charge in [-0.3, -0.25) is 0 Å². The van der Waals surface area contributed by atoms with Crippen molar-refractivity contribution in [2.24, 2.45) is 0 Å². The number of hydrogen-bond donors (Lipinski definition) is 0. The van der Waals surface area contributed by atoms with Crippen molar-refractivity contribution in [3.8, 4) is 69.0 Å². The van der Waals surface area contributed by atoms with E-state index in [2.05, 4.69) is 83.1 Å². The van der Waals surface area contributed by atoms with Crippen LogP contribution in [0.1, 0.15) is 661 Å². The van der Waals surface area contributed by atoms with Crippen LogP contribution in [0, 0.1) is 0 Å². The Bertz CT molecular complexity index is 2230. The molecule has 12 nitrogen and oxygen atoms in total. The van der Waals surface area contributed by atoms with Crippen LogP contribution in [0.3, 0.4) is 0 Å². The summed E-state index contributed by atoms with van der Waals surface area (Å²) in [6.45, 7) is 34.9. The number of benzene rings is 2. The zero-order chi connectivity index (χ0) is 99.5. The Morgan fingerprint density at radius 3 is 0.181 bits per heavy atom. The summed E-state index contributed by atoms with van der Waals surface area (Å²) < 4.78 is 84.0. The zero-order valence-corrected chi connectivity index (χ0v) is 95.0. The van der Waals surface area contributed by atoms with E-state index in [4.69, 9.17) is 56.8 Å². The largest absolute Gasteiger partial charge is 0.486 e. The number of unbranched alkanes of at least 4 members (excludes halogenated alkanes) is 78. The van der Waals surface area contributed by atoms with E-state index >= 15 is 0 Å². The van der Waals surface area contributed by atoms with E-state index in [9.17, 15) is 0 Å². The Hall–Kier alpha value is -3.96. The smallest absolute Gasteiger partial charge is 0.211 e. The summed E-state index contributed by atoms with van der Waals surface area (Å²) in [4.78, 5) is 0. The highest BCUT2D eigenvalue weighted by Crippen LogP contribution is 2.60. The van der Waals surface area contributed by atoms with E-state index in [1.165, 1.54) is 462 Å². The summed E-state index contributed by atoms with van der Waals surface area (Å²) in [6, 6.07) is 0. The molecule has 2 aromatic carbocycles. The second-order valence-electron chi connectivity index (χ2n) is 41.7. The lowest BCUT2D eigenvalue weighted by Crippen LogP contribution is -2.13. The molecule has 0 amide bonds. The molecular formula is C126H240O12. The minimum absolute atomic E-state index is 0.613. The second-order valence-corrected chi connectivity index (χ2v) is 41.7. The molecular weight excluding hydrogens is 1710 g/mol. The first kappa shape index (κ1) is 132. The molecule has 0 unspecified atom stereocenters. The summed E-state index contributed by atoms with van der Waals surface area (Å²) in [5.41, 5.74) is 0. The molecule has 0 aliphatic rings. The first-order valence-corrected chi connectivity index (χ1v) is 62.4. The Kier molecular flexibility index (Phi) is 104. The predicted molar refractivity (Wildman–Crippen MR) is 602 cm³/mol. The third kappa shape index (κ3) is 78.4. The van der Waals surface area contributed by atoms with Crippen molar-refractivity contribution in [1.82, 2.24) is 0 Å². The molecule has 816 valence electrons. The third-order valence-corrected chi connectivity index (χ3v) is 27.9. The Morgan fingerprint density at radius 2 is 0.123 bits per heavy atom.